The molecule has 0 radical (unpaired) electrons. The Balaban J connectivity index is 2.07. The van der Waals surface area contributed by atoms with Crippen molar-refractivity contribution in [3.8, 4) is 0 Å². The summed E-state index contributed by atoms with van der Waals surface area (Å²) in [6.07, 6.45) is 14.5. The zero-order valence-electron chi connectivity index (χ0n) is 16.1. The van der Waals surface area contributed by atoms with Gasteiger partial charge in [0.15, 0.2) is 0 Å². The third kappa shape index (κ3) is 12.6. The van der Waals surface area contributed by atoms with E-state index in [9.17, 15) is 4.79 Å². The van der Waals surface area contributed by atoms with Gasteiger partial charge in [0.1, 0.15) is 0 Å². The topological polar surface area (TPSA) is 40.5 Å². The number of rotatable bonds is 16. The lowest BCUT2D eigenvalue weighted by molar-refractivity contribution is -0.138. The Morgan fingerprint density at radius 3 is 1.88 bits per heavy atom. The van der Waals surface area contributed by atoms with Crippen LogP contribution >= 0.6 is 0 Å². The second-order valence-electron chi connectivity index (χ2n) is 7.13. The molecule has 0 spiro atoms. The Kier molecular flexibility index (Phi) is 13.0. The summed E-state index contributed by atoms with van der Waals surface area (Å²) in [5.41, 5.74) is 1.19. The Hall–Kier alpha value is -1.35. The Morgan fingerprint density at radius 1 is 0.840 bits per heavy atom. The van der Waals surface area contributed by atoms with Crippen LogP contribution in [0, 0.1) is 0 Å². The molecule has 25 heavy (non-hydrogen) atoms. The highest BCUT2D eigenvalue weighted by Crippen LogP contribution is 2.12. The first-order valence-electron chi connectivity index (χ1n) is 10.2. The van der Waals surface area contributed by atoms with Crippen molar-refractivity contribution in [3.63, 3.8) is 0 Å². The van der Waals surface area contributed by atoms with Gasteiger partial charge in [-0.15, -0.1) is 0 Å². The van der Waals surface area contributed by atoms with Gasteiger partial charge in [-0.2, -0.15) is 0 Å². The molecule has 1 rings (SSSR count). The van der Waals surface area contributed by atoms with Crippen LogP contribution in [0.4, 0.5) is 0 Å². The Morgan fingerprint density at radius 2 is 1.36 bits per heavy atom. The van der Waals surface area contributed by atoms with Gasteiger partial charge in [0.2, 0.25) is 0 Å². The summed E-state index contributed by atoms with van der Waals surface area (Å²) in [7, 11) is 0. The summed E-state index contributed by atoms with van der Waals surface area (Å²) < 4.78 is 0. The molecule has 0 saturated carbocycles. The van der Waals surface area contributed by atoms with Gasteiger partial charge >= 0.3 is 5.97 Å². The van der Waals surface area contributed by atoms with Crippen LogP contribution in [-0.2, 0) is 11.3 Å². The van der Waals surface area contributed by atoms with Gasteiger partial charge in [0.25, 0.3) is 0 Å². The van der Waals surface area contributed by atoms with Gasteiger partial charge < -0.3 is 5.11 Å². The van der Waals surface area contributed by atoms with Gasteiger partial charge in [0, 0.05) is 6.54 Å². The van der Waals surface area contributed by atoms with Crippen LogP contribution in [0.25, 0.3) is 0 Å². The highest BCUT2D eigenvalue weighted by Gasteiger charge is 2.09. The molecule has 0 amide bonds. The maximum Gasteiger partial charge on any atom is 0.317 e. The largest absolute Gasteiger partial charge is 0.480 e. The van der Waals surface area contributed by atoms with E-state index in [2.05, 4.69) is 19.1 Å². The number of carboxylic acid groups (broad SMARTS) is 1. The van der Waals surface area contributed by atoms with Crippen molar-refractivity contribution < 1.29 is 9.90 Å². The van der Waals surface area contributed by atoms with Crippen molar-refractivity contribution in [1.29, 1.82) is 0 Å². The lowest BCUT2D eigenvalue weighted by Gasteiger charge is -2.20. The Bertz CT molecular complexity index is 433. The number of benzene rings is 1. The Labute approximate surface area is 154 Å². The number of aliphatic carboxylic acids is 1. The number of nitrogens with zero attached hydrogens (tertiary/aromatic N) is 1. The molecule has 3 nitrogen and oxygen atoms in total. The average molecular weight is 348 g/mol. The van der Waals surface area contributed by atoms with Gasteiger partial charge in [-0.3, -0.25) is 9.69 Å². The van der Waals surface area contributed by atoms with E-state index in [4.69, 9.17) is 5.11 Å². The second kappa shape index (κ2) is 14.9. The number of hydrogen-bond donors (Lipinski definition) is 1. The summed E-state index contributed by atoms with van der Waals surface area (Å²) in [4.78, 5) is 13.1. The van der Waals surface area contributed by atoms with Crippen LogP contribution in [0.15, 0.2) is 30.3 Å². The molecule has 0 aliphatic heterocycles. The standard InChI is InChI=1S/C22H37NO2/c1-2-3-4-5-6-7-8-9-10-11-15-18-23(20-22(24)25)19-21-16-13-12-14-17-21/h12-14,16-17H,2-11,15,18-20H2,1H3,(H,24,25). The van der Waals surface area contributed by atoms with Crippen molar-refractivity contribution in [1.82, 2.24) is 4.90 Å². The van der Waals surface area contributed by atoms with E-state index in [0.29, 0.717) is 0 Å². The van der Waals surface area contributed by atoms with Crippen LogP contribution in [-0.4, -0.2) is 29.1 Å². The van der Waals surface area contributed by atoms with E-state index >= 15 is 0 Å². The van der Waals surface area contributed by atoms with Crippen LogP contribution in [0.5, 0.6) is 0 Å². The molecule has 0 aliphatic rings. The molecule has 0 aliphatic carbocycles. The number of hydrogen-bond acceptors (Lipinski definition) is 2. The van der Waals surface area contributed by atoms with Crippen molar-refractivity contribution >= 4 is 5.97 Å². The molecule has 142 valence electrons. The zero-order valence-corrected chi connectivity index (χ0v) is 16.1. The maximum absolute atomic E-state index is 11.1. The van der Waals surface area contributed by atoms with Crippen molar-refractivity contribution in [2.45, 2.75) is 84.1 Å². The lowest BCUT2D eigenvalue weighted by atomic mass is 10.1. The third-order valence-corrected chi connectivity index (χ3v) is 4.69. The molecular weight excluding hydrogens is 310 g/mol. The average Bonchev–Trinajstić information content (AvgIpc) is 2.60. The number of carboxylic acids is 1. The van der Waals surface area contributed by atoms with Gasteiger partial charge in [-0.05, 0) is 18.5 Å². The molecule has 0 fully saturated rings. The second-order valence-corrected chi connectivity index (χ2v) is 7.13. The first-order chi connectivity index (χ1) is 12.2. The van der Waals surface area contributed by atoms with Crippen LogP contribution < -0.4 is 0 Å². The quantitative estimate of drug-likeness (QED) is 0.379. The summed E-state index contributed by atoms with van der Waals surface area (Å²) in [6, 6.07) is 10.1. The summed E-state index contributed by atoms with van der Waals surface area (Å²) >= 11 is 0. The van der Waals surface area contributed by atoms with Gasteiger partial charge in [-0.25, -0.2) is 0 Å². The summed E-state index contributed by atoms with van der Waals surface area (Å²) in [6.45, 7) is 3.99. The van der Waals surface area contributed by atoms with E-state index in [0.717, 1.165) is 19.5 Å². The van der Waals surface area contributed by atoms with Crippen LogP contribution in [0.2, 0.25) is 0 Å². The molecule has 0 saturated heterocycles. The minimum absolute atomic E-state index is 0.132. The molecule has 0 atom stereocenters. The summed E-state index contributed by atoms with van der Waals surface area (Å²) in [5, 5.41) is 9.10. The number of unbranched alkanes of at least 4 members (excludes halogenated alkanes) is 10. The fraction of sp³-hybridized carbons (Fsp3) is 0.682. The minimum atomic E-state index is -0.737. The molecule has 1 N–H and O–H groups in total. The van der Waals surface area contributed by atoms with E-state index in [1.165, 1.54) is 69.8 Å². The minimum Gasteiger partial charge on any atom is -0.480 e. The van der Waals surface area contributed by atoms with Gasteiger partial charge in [0.05, 0.1) is 6.54 Å². The fourth-order valence-electron chi connectivity index (χ4n) is 3.25. The van der Waals surface area contributed by atoms with Crippen molar-refractivity contribution in [2.75, 3.05) is 13.1 Å². The molecule has 1 aromatic carbocycles. The van der Waals surface area contributed by atoms with E-state index < -0.39 is 5.97 Å². The number of carbonyl (C=O) groups is 1. The van der Waals surface area contributed by atoms with Crippen LogP contribution in [0.3, 0.4) is 0 Å². The highest BCUT2D eigenvalue weighted by atomic mass is 16.4. The monoisotopic (exact) mass is 347 g/mol. The molecule has 0 heterocycles. The molecule has 0 aromatic heterocycles. The molecular formula is C22H37NO2. The first-order valence-corrected chi connectivity index (χ1v) is 10.2. The normalized spacial score (nSPS) is 11.1. The first kappa shape index (κ1) is 21.7. The van der Waals surface area contributed by atoms with Gasteiger partial charge in [-0.1, -0.05) is 101 Å². The van der Waals surface area contributed by atoms with E-state index in [-0.39, 0.29) is 6.54 Å². The SMILES string of the molecule is CCCCCCCCCCCCCN(CC(=O)O)Cc1ccccc1. The van der Waals surface area contributed by atoms with E-state index in [1.54, 1.807) is 0 Å². The molecule has 3 heteroatoms. The van der Waals surface area contributed by atoms with Crippen LogP contribution in [0.1, 0.15) is 83.1 Å². The van der Waals surface area contributed by atoms with E-state index in [1.807, 2.05) is 23.1 Å². The predicted octanol–water partition coefficient (Wildman–Crippen LogP) is 5.88. The third-order valence-electron chi connectivity index (χ3n) is 4.69. The predicted molar refractivity (Wildman–Crippen MR) is 106 cm³/mol. The lowest BCUT2D eigenvalue weighted by Crippen LogP contribution is -2.30. The molecule has 1 aromatic rings. The van der Waals surface area contributed by atoms with Crippen molar-refractivity contribution in [3.05, 3.63) is 35.9 Å². The van der Waals surface area contributed by atoms with Crippen molar-refractivity contribution in [2.24, 2.45) is 0 Å². The highest BCUT2D eigenvalue weighted by molar-refractivity contribution is 5.69. The summed E-state index contributed by atoms with van der Waals surface area (Å²) in [5.74, 6) is -0.737. The smallest absolute Gasteiger partial charge is 0.317 e. The molecule has 0 bridgehead atoms. The fourth-order valence-corrected chi connectivity index (χ4v) is 3.25. The zero-order chi connectivity index (χ0) is 18.2. The maximum atomic E-state index is 11.1. The molecule has 0 unspecified atom stereocenters.